The predicted octanol–water partition coefficient (Wildman–Crippen LogP) is 5.25. The number of nitrogens with zero attached hydrogens (tertiary/aromatic N) is 1. The minimum absolute atomic E-state index is 0.00569. The van der Waals surface area contributed by atoms with E-state index in [0.29, 0.717) is 5.56 Å². The lowest BCUT2D eigenvalue weighted by molar-refractivity contribution is -0.0495. The van der Waals surface area contributed by atoms with Gasteiger partial charge >= 0.3 is 0 Å². The highest BCUT2D eigenvalue weighted by Gasteiger charge is 2.43. The average molecular weight is 449 g/mol. The van der Waals surface area contributed by atoms with Crippen molar-refractivity contribution in [2.24, 2.45) is 5.16 Å². The number of carbonyl (C=O) groups excluding carboxylic acids is 1. The molecule has 0 atom stereocenters. The van der Waals surface area contributed by atoms with Gasteiger partial charge in [0.25, 0.3) is 5.91 Å². The van der Waals surface area contributed by atoms with Crippen molar-refractivity contribution in [2.75, 3.05) is 7.11 Å². The summed E-state index contributed by atoms with van der Waals surface area (Å²) in [7, 11) is 1.68. The first kappa shape index (κ1) is 21.8. The van der Waals surface area contributed by atoms with Crippen LogP contribution in [-0.4, -0.2) is 36.5 Å². The fourth-order valence-electron chi connectivity index (χ4n) is 5.23. The molecule has 0 aromatic heterocycles. The Hall–Kier alpha value is -3.02. The summed E-state index contributed by atoms with van der Waals surface area (Å²) in [5.74, 6) is 1.54. The molecule has 33 heavy (non-hydrogen) atoms. The average Bonchev–Trinajstić information content (AvgIpc) is 3.52. The van der Waals surface area contributed by atoms with Gasteiger partial charge in [-0.15, -0.1) is 0 Å². The number of rotatable bonds is 6. The lowest BCUT2D eigenvalue weighted by Gasteiger charge is -2.35. The molecule has 0 radical (unpaired) electrons. The first-order valence-corrected chi connectivity index (χ1v) is 12.1. The standard InChI is InChI=1S/C27H32N2O4/c1-31-24-12-11-20(17-25(24)32-22-9-5-6-10-22)23-18-27(33-29-23)15-13-21(14-16-27)28-26(30)19-7-3-2-4-8-19/h2-4,7-8,11-12,17,21-22H,5-6,9-10,13-16,18H2,1H3,(H,28,30). The van der Waals surface area contributed by atoms with E-state index >= 15 is 0 Å². The van der Waals surface area contributed by atoms with E-state index in [-0.39, 0.29) is 23.7 Å². The van der Waals surface area contributed by atoms with Gasteiger partial charge in [-0.1, -0.05) is 23.4 Å². The van der Waals surface area contributed by atoms with Crippen LogP contribution in [0.1, 0.15) is 73.7 Å². The summed E-state index contributed by atoms with van der Waals surface area (Å²) < 4.78 is 11.8. The van der Waals surface area contributed by atoms with E-state index in [1.54, 1.807) is 7.11 Å². The number of ether oxygens (including phenoxy) is 2. The molecule has 1 N–H and O–H groups in total. The third kappa shape index (κ3) is 4.85. The van der Waals surface area contributed by atoms with Gasteiger partial charge in [-0.05, 0) is 81.7 Å². The summed E-state index contributed by atoms with van der Waals surface area (Å²) in [5.41, 5.74) is 2.42. The highest BCUT2D eigenvalue weighted by atomic mass is 16.7. The molecule has 2 aliphatic carbocycles. The Kier molecular flexibility index (Phi) is 6.25. The number of amides is 1. The minimum atomic E-state index is -0.268. The number of benzene rings is 2. The largest absolute Gasteiger partial charge is 0.493 e. The summed E-state index contributed by atoms with van der Waals surface area (Å²) in [4.78, 5) is 18.5. The topological polar surface area (TPSA) is 69.2 Å². The highest BCUT2D eigenvalue weighted by molar-refractivity contribution is 6.02. The van der Waals surface area contributed by atoms with Crippen LogP contribution < -0.4 is 14.8 Å². The van der Waals surface area contributed by atoms with Gasteiger partial charge in [0.2, 0.25) is 0 Å². The maximum atomic E-state index is 12.5. The molecule has 0 unspecified atom stereocenters. The number of methoxy groups -OCH3 is 1. The molecule has 6 nitrogen and oxygen atoms in total. The molecular formula is C27H32N2O4. The van der Waals surface area contributed by atoms with Crippen molar-refractivity contribution in [1.29, 1.82) is 0 Å². The van der Waals surface area contributed by atoms with Crippen LogP contribution in [0.2, 0.25) is 0 Å². The van der Waals surface area contributed by atoms with Gasteiger partial charge < -0.3 is 19.6 Å². The quantitative estimate of drug-likeness (QED) is 0.655. The van der Waals surface area contributed by atoms with E-state index in [2.05, 4.69) is 10.5 Å². The zero-order valence-corrected chi connectivity index (χ0v) is 19.2. The van der Waals surface area contributed by atoms with Crippen molar-refractivity contribution in [3.8, 4) is 11.5 Å². The predicted molar refractivity (Wildman–Crippen MR) is 127 cm³/mol. The third-order valence-corrected chi connectivity index (χ3v) is 7.20. The van der Waals surface area contributed by atoms with Crippen molar-refractivity contribution >= 4 is 11.6 Å². The van der Waals surface area contributed by atoms with Crippen molar-refractivity contribution in [2.45, 2.75) is 75.5 Å². The summed E-state index contributed by atoms with van der Waals surface area (Å²) in [6, 6.07) is 15.6. The lowest BCUT2D eigenvalue weighted by Crippen LogP contribution is -2.43. The molecule has 3 aliphatic rings. The van der Waals surface area contributed by atoms with Crippen LogP contribution in [0.25, 0.3) is 0 Å². The van der Waals surface area contributed by atoms with Gasteiger partial charge in [0, 0.05) is 23.6 Å². The van der Waals surface area contributed by atoms with Crippen LogP contribution in [0.3, 0.4) is 0 Å². The zero-order valence-electron chi connectivity index (χ0n) is 19.2. The lowest BCUT2D eigenvalue weighted by atomic mass is 9.78. The Labute approximate surface area is 195 Å². The summed E-state index contributed by atoms with van der Waals surface area (Å²) in [6.45, 7) is 0. The first-order valence-electron chi connectivity index (χ1n) is 12.1. The molecular weight excluding hydrogens is 416 g/mol. The molecule has 2 aromatic rings. The van der Waals surface area contributed by atoms with Gasteiger partial charge in [0.15, 0.2) is 11.5 Å². The van der Waals surface area contributed by atoms with Crippen LogP contribution in [0.15, 0.2) is 53.7 Å². The van der Waals surface area contributed by atoms with Crippen LogP contribution >= 0.6 is 0 Å². The number of oxime groups is 1. The Bertz CT molecular complexity index is 1010. The zero-order chi connectivity index (χ0) is 22.7. The molecule has 2 aromatic carbocycles. The van der Waals surface area contributed by atoms with Crippen molar-refractivity contribution in [1.82, 2.24) is 5.32 Å². The van der Waals surface area contributed by atoms with E-state index in [1.165, 1.54) is 12.8 Å². The van der Waals surface area contributed by atoms with Gasteiger partial charge in [-0.2, -0.15) is 0 Å². The van der Waals surface area contributed by atoms with Gasteiger partial charge in [0.05, 0.1) is 18.9 Å². The number of hydrogen-bond acceptors (Lipinski definition) is 5. The van der Waals surface area contributed by atoms with Crippen molar-refractivity contribution in [3.05, 3.63) is 59.7 Å². The fraction of sp³-hybridized carbons (Fsp3) is 0.481. The van der Waals surface area contributed by atoms with E-state index in [4.69, 9.17) is 14.3 Å². The van der Waals surface area contributed by atoms with Crippen LogP contribution in [0.5, 0.6) is 11.5 Å². The van der Waals surface area contributed by atoms with E-state index < -0.39 is 0 Å². The van der Waals surface area contributed by atoms with Crippen molar-refractivity contribution < 1.29 is 19.1 Å². The maximum Gasteiger partial charge on any atom is 0.251 e. The Morgan fingerprint density at radius 1 is 1.03 bits per heavy atom. The molecule has 0 saturated heterocycles. The van der Waals surface area contributed by atoms with E-state index in [1.807, 2.05) is 48.5 Å². The van der Waals surface area contributed by atoms with Crippen LogP contribution in [-0.2, 0) is 4.84 Å². The molecule has 2 fully saturated rings. The molecule has 0 bridgehead atoms. The van der Waals surface area contributed by atoms with Crippen LogP contribution in [0.4, 0.5) is 0 Å². The molecule has 1 aliphatic heterocycles. The fourth-order valence-corrected chi connectivity index (χ4v) is 5.23. The second-order valence-corrected chi connectivity index (χ2v) is 9.49. The Morgan fingerprint density at radius 3 is 2.52 bits per heavy atom. The van der Waals surface area contributed by atoms with E-state index in [9.17, 15) is 4.79 Å². The summed E-state index contributed by atoms with van der Waals surface area (Å²) in [6.07, 6.45) is 9.23. The molecule has 174 valence electrons. The third-order valence-electron chi connectivity index (χ3n) is 7.20. The van der Waals surface area contributed by atoms with Gasteiger partial charge in [0.1, 0.15) is 5.60 Å². The maximum absolute atomic E-state index is 12.5. The molecule has 2 saturated carbocycles. The number of nitrogens with one attached hydrogen (secondary N) is 1. The van der Waals surface area contributed by atoms with E-state index in [0.717, 1.165) is 67.7 Å². The van der Waals surface area contributed by atoms with Crippen molar-refractivity contribution in [3.63, 3.8) is 0 Å². The SMILES string of the molecule is COc1ccc(C2=NOC3(CCC(NC(=O)c4ccccc4)CC3)C2)cc1OC1CCCC1. The van der Waals surface area contributed by atoms with Gasteiger partial charge in [-0.3, -0.25) is 4.79 Å². The molecule has 6 heteroatoms. The first-order chi connectivity index (χ1) is 16.1. The Morgan fingerprint density at radius 2 is 1.79 bits per heavy atom. The summed E-state index contributed by atoms with van der Waals surface area (Å²) >= 11 is 0. The molecule has 1 amide bonds. The second-order valence-electron chi connectivity index (χ2n) is 9.49. The number of carbonyl (C=O) groups is 1. The minimum Gasteiger partial charge on any atom is -0.493 e. The van der Waals surface area contributed by atoms with Crippen LogP contribution in [0, 0.1) is 0 Å². The molecule has 1 spiro atoms. The van der Waals surface area contributed by atoms with Gasteiger partial charge in [-0.25, -0.2) is 0 Å². The molecule has 5 rings (SSSR count). The molecule has 1 heterocycles. The monoisotopic (exact) mass is 448 g/mol. The smallest absolute Gasteiger partial charge is 0.251 e. The summed E-state index contributed by atoms with van der Waals surface area (Å²) in [5, 5.41) is 7.65. The number of hydrogen-bond donors (Lipinski definition) is 1. The second kappa shape index (κ2) is 9.46. The normalized spacial score (nSPS) is 24.9. The highest BCUT2D eigenvalue weighted by Crippen LogP contribution is 2.41. The Balaban J connectivity index is 1.19.